The van der Waals surface area contributed by atoms with Crippen LogP contribution in [-0.2, 0) is 0 Å². The number of hydrogen-bond acceptors (Lipinski definition) is 3. The molecule has 1 aromatic rings. The Morgan fingerprint density at radius 3 is 2.80 bits per heavy atom. The first-order chi connectivity index (χ1) is 9.61. The second-order valence-corrected chi connectivity index (χ2v) is 5.74. The summed E-state index contributed by atoms with van der Waals surface area (Å²) in [5.41, 5.74) is 0.738. The number of halogens is 1. The molecule has 3 atom stereocenters. The van der Waals surface area contributed by atoms with Gasteiger partial charge in [0.1, 0.15) is 5.82 Å². The molecule has 2 N–H and O–H groups in total. The summed E-state index contributed by atoms with van der Waals surface area (Å²) in [5.74, 6) is 0.143. The van der Waals surface area contributed by atoms with Crippen LogP contribution in [0.5, 0.6) is 0 Å². The number of benzene rings is 1. The van der Waals surface area contributed by atoms with Gasteiger partial charge in [0.2, 0.25) is 0 Å². The minimum atomic E-state index is -0.201. The average molecular weight is 280 g/mol. The number of rotatable bonds is 6. The summed E-state index contributed by atoms with van der Waals surface area (Å²) in [4.78, 5) is 2.26. The summed E-state index contributed by atoms with van der Waals surface area (Å²) in [6.45, 7) is 7.54. The summed E-state index contributed by atoms with van der Waals surface area (Å²) >= 11 is 0. The van der Waals surface area contributed by atoms with Crippen LogP contribution in [0.4, 0.5) is 4.39 Å². The Labute approximate surface area is 120 Å². The van der Waals surface area contributed by atoms with Gasteiger partial charge in [-0.2, -0.15) is 0 Å². The van der Waals surface area contributed by atoms with E-state index < -0.39 is 0 Å². The van der Waals surface area contributed by atoms with Gasteiger partial charge in [0.25, 0.3) is 0 Å². The number of likely N-dealkylation sites (tertiary alicyclic amines) is 1. The Bertz CT molecular complexity index is 427. The molecule has 0 radical (unpaired) electrons. The van der Waals surface area contributed by atoms with Gasteiger partial charge in [0, 0.05) is 31.2 Å². The molecule has 3 unspecified atom stereocenters. The molecule has 0 bridgehead atoms. The number of nitrogens with one attached hydrogen (secondary N) is 1. The van der Waals surface area contributed by atoms with Crippen LogP contribution >= 0.6 is 0 Å². The van der Waals surface area contributed by atoms with Gasteiger partial charge in [0.05, 0.1) is 6.10 Å². The number of nitrogens with zero attached hydrogens (tertiary/aromatic N) is 1. The second kappa shape index (κ2) is 7.16. The van der Waals surface area contributed by atoms with E-state index in [9.17, 15) is 9.50 Å². The zero-order valence-electron chi connectivity index (χ0n) is 12.3. The van der Waals surface area contributed by atoms with E-state index >= 15 is 0 Å². The zero-order valence-corrected chi connectivity index (χ0v) is 12.3. The Morgan fingerprint density at radius 1 is 1.45 bits per heavy atom. The van der Waals surface area contributed by atoms with Crippen LogP contribution in [0, 0.1) is 11.7 Å². The monoisotopic (exact) mass is 280 g/mol. The van der Waals surface area contributed by atoms with Gasteiger partial charge < -0.3 is 15.3 Å². The average Bonchev–Trinajstić information content (AvgIpc) is 2.82. The van der Waals surface area contributed by atoms with Crippen molar-refractivity contribution in [1.29, 1.82) is 0 Å². The molecule has 1 saturated heterocycles. The third-order valence-electron chi connectivity index (χ3n) is 4.03. The van der Waals surface area contributed by atoms with Gasteiger partial charge in [-0.25, -0.2) is 4.39 Å². The highest BCUT2D eigenvalue weighted by atomic mass is 19.1. The number of aliphatic hydroxyl groups excluding tert-OH is 1. The zero-order chi connectivity index (χ0) is 14.5. The lowest BCUT2D eigenvalue weighted by molar-refractivity contribution is 0.166. The molecule has 0 spiro atoms. The third-order valence-corrected chi connectivity index (χ3v) is 4.03. The lowest BCUT2D eigenvalue weighted by Crippen LogP contribution is -2.35. The van der Waals surface area contributed by atoms with Gasteiger partial charge in [-0.05, 0) is 24.9 Å². The molecule has 4 heteroatoms. The Balaban J connectivity index is 2.06. The van der Waals surface area contributed by atoms with E-state index in [1.807, 2.05) is 19.1 Å². The normalized spacial score (nSPS) is 22.9. The number of β-amino-alcohol motifs (C(OH)–C–C–N with tert-alkyl or cyclic N) is 1. The van der Waals surface area contributed by atoms with E-state index in [4.69, 9.17) is 0 Å². The molecule has 0 aromatic heterocycles. The fourth-order valence-electron chi connectivity index (χ4n) is 3.06. The van der Waals surface area contributed by atoms with Crippen LogP contribution in [0.2, 0.25) is 0 Å². The molecule has 1 fully saturated rings. The number of hydrogen-bond donors (Lipinski definition) is 2. The van der Waals surface area contributed by atoms with Gasteiger partial charge in [-0.3, -0.25) is 0 Å². The molecule has 1 aliphatic rings. The lowest BCUT2D eigenvalue weighted by atomic mass is 9.93. The molecule has 1 aromatic carbocycles. The predicted molar refractivity (Wildman–Crippen MR) is 79.0 cm³/mol. The Kier molecular flexibility index (Phi) is 5.52. The van der Waals surface area contributed by atoms with Gasteiger partial charge in [0.15, 0.2) is 0 Å². The fourth-order valence-corrected chi connectivity index (χ4v) is 3.06. The van der Waals surface area contributed by atoms with Crippen molar-refractivity contribution < 1.29 is 9.50 Å². The Morgan fingerprint density at radius 2 is 2.20 bits per heavy atom. The van der Waals surface area contributed by atoms with E-state index in [-0.39, 0.29) is 23.9 Å². The SMILES string of the molecule is CCNC(c1ccccc1F)C(C)CN1CCC(O)C1. The minimum Gasteiger partial charge on any atom is -0.392 e. The van der Waals surface area contributed by atoms with Crippen LogP contribution in [0.15, 0.2) is 24.3 Å². The smallest absolute Gasteiger partial charge is 0.127 e. The first kappa shape index (κ1) is 15.4. The highest BCUT2D eigenvalue weighted by Crippen LogP contribution is 2.26. The largest absolute Gasteiger partial charge is 0.392 e. The van der Waals surface area contributed by atoms with Gasteiger partial charge in [-0.15, -0.1) is 0 Å². The maximum Gasteiger partial charge on any atom is 0.127 e. The van der Waals surface area contributed by atoms with Crippen LogP contribution in [-0.4, -0.2) is 42.3 Å². The van der Waals surface area contributed by atoms with Crippen molar-refractivity contribution in [2.45, 2.75) is 32.4 Å². The van der Waals surface area contributed by atoms with Crippen molar-refractivity contribution >= 4 is 0 Å². The summed E-state index contributed by atoms with van der Waals surface area (Å²) in [6.07, 6.45) is 0.645. The van der Waals surface area contributed by atoms with Crippen LogP contribution < -0.4 is 5.32 Å². The van der Waals surface area contributed by atoms with Crippen molar-refractivity contribution in [3.05, 3.63) is 35.6 Å². The molecule has 112 valence electrons. The van der Waals surface area contributed by atoms with Crippen molar-refractivity contribution in [3.63, 3.8) is 0 Å². The quantitative estimate of drug-likeness (QED) is 0.838. The van der Waals surface area contributed by atoms with Crippen LogP contribution in [0.25, 0.3) is 0 Å². The fraction of sp³-hybridized carbons (Fsp3) is 0.625. The maximum absolute atomic E-state index is 14.0. The molecular weight excluding hydrogens is 255 g/mol. The molecule has 20 heavy (non-hydrogen) atoms. The summed E-state index contributed by atoms with van der Waals surface area (Å²) in [7, 11) is 0. The van der Waals surface area contributed by atoms with Gasteiger partial charge in [-0.1, -0.05) is 32.0 Å². The molecule has 0 aliphatic carbocycles. The van der Waals surface area contributed by atoms with E-state index in [1.54, 1.807) is 6.07 Å². The Hall–Kier alpha value is -0.970. The number of aliphatic hydroxyl groups is 1. The topological polar surface area (TPSA) is 35.5 Å². The van der Waals surface area contributed by atoms with Crippen LogP contribution in [0.3, 0.4) is 0 Å². The molecule has 1 aliphatic heterocycles. The molecule has 3 nitrogen and oxygen atoms in total. The summed E-state index contributed by atoms with van der Waals surface area (Å²) in [5, 5.41) is 13.0. The van der Waals surface area contributed by atoms with Crippen molar-refractivity contribution in [2.24, 2.45) is 5.92 Å². The standard InChI is InChI=1S/C16H25FN2O/c1-3-18-16(14-6-4-5-7-15(14)17)12(2)10-19-9-8-13(20)11-19/h4-7,12-13,16,18,20H,3,8-11H2,1-2H3. The molecule has 2 rings (SSSR count). The maximum atomic E-state index is 14.0. The third kappa shape index (κ3) is 3.78. The first-order valence-electron chi connectivity index (χ1n) is 7.50. The molecule has 0 amide bonds. The highest BCUT2D eigenvalue weighted by Gasteiger charge is 2.26. The van der Waals surface area contributed by atoms with E-state index in [0.29, 0.717) is 0 Å². The van der Waals surface area contributed by atoms with E-state index in [0.717, 1.165) is 38.2 Å². The van der Waals surface area contributed by atoms with Crippen molar-refractivity contribution in [1.82, 2.24) is 10.2 Å². The van der Waals surface area contributed by atoms with E-state index in [1.165, 1.54) is 6.07 Å². The van der Waals surface area contributed by atoms with Crippen molar-refractivity contribution in [3.8, 4) is 0 Å². The molecule has 0 saturated carbocycles. The van der Waals surface area contributed by atoms with E-state index in [2.05, 4.69) is 17.1 Å². The van der Waals surface area contributed by atoms with Gasteiger partial charge >= 0.3 is 0 Å². The molecule has 1 heterocycles. The lowest BCUT2D eigenvalue weighted by Gasteiger charge is -2.29. The summed E-state index contributed by atoms with van der Waals surface area (Å²) < 4.78 is 14.0. The second-order valence-electron chi connectivity index (χ2n) is 5.74. The predicted octanol–water partition coefficient (Wildman–Crippen LogP) is 2.18. The first-order valence-corrected chi connectivity index (χ1v) is 7.50. The highest BCUT2D eigenvalue weighted by molar-refractivity contribution is 5.22. The molecular formula is C16H25FN2O. The minimum absolute atomic E-state index is 0.0129. The van der Waals surface area contributed by atoms with Crippen molar-refractivity contribution in [2.75, 3.05) is 26.2 Å². The summed E-state index contributed by atoms with van der Waals surface area (Å²) in [6, 6.07) is 7.00. The van der Waals surface area contributed by atoms with Crippen LogP contribution in [0.1, 0.15) is 31.9 Å².